The van der Waals surface area contributed by atoms with Gasteiger partial charge in [0.25, 0.3) is 0 Å². The molecule has 0 unspecified atom stereocenters. The van der Waals surface area contributed by atoms with Gasteiger partial charge in [0.15, 0.2) is 0 Å². The predicted molar refractivity (Wildman–Crippen MR) is 98.8 cm³/mol. The number of benzene rings is 1. The van der Waals surface area contributed by atoms with Crippen molar-refractivity contribution in [3.63, 3.8) is 0 Å². The Kier molecular flexibility index (Phi) is 5.34. The topological polar surface area (TPSA) is 36.0 Å². The Morgan fingerprint density at radius 3 is 2.44 bits per heavy atom. The average Bonchev–Trinajstić information content (AvgIpc) is 2.90. The third-order valence-electron chi connectivity index (χ3n) is 5.98. The lowest BCUT2D eigenvalue weighted by Crippen LogP contribution is -2.45. The summed E-state index contributed by atoms with van der Waals surface area (Å²) in [5, 5.41) is 0. The van der Waals surface area contributed by atoms with Crippen LogP contribution in [-0.2, 0) is 9.53 Å². The van der Waals surface area contributed by atoms with Gasteiger partial charge >= 0.3 is 0 Å². The van der Waals surface area contributed by atoms with Crippen molar-refractivity contribution in [1.29, 1.82) is 0 Å². The monoisotopic (exact) mass is 343 g/mol. The quantitative estimate of drug-likeness (QED) is 0.841. The Balaban J connectivity index is 1.37. The van der Waals surface area contributed by atoms with Gasteiger partial charge in [-0.1, -0.05) is 18.2 Å². The van der Waals surface area contributed by atoms with Gasteiger partial charge in [0.05, 0.1) is 19.3 Å². The zero-order chi connectivity index (χ0) is 17.1. The van der Waals surface area contributed by atoms with E-state index < -0.39 is 0 Å². The van der Waals surface area contributed by atoms with Gasteiger partial charge in [-0.3, -0.25) is 14.6 Å². The van der Waals surface area contributed by atoms with Crippen molar-refractivity contribution in [3.05, 3.63) is 30.3 Å². The molecule has 0 spiro atoms. The minimum Gasteiger partial charge on any atom is -0.379 e. The summed E-state index contributed by atoms with van der Waals surface area (Å²) >= 11 is 0. The number of ether oxygens (including phenoxy) is 1. The highest BCUT2D eigenvalue weighted by Gasteiger charge is 2.37. The number of amides is 1. The van der Waals surface area contributed by atoms with Gasteiger partial charge < -0.3 is 9.64 Å². The third kappa shape index (κ3) is 3.73. The van der Waals surface area contributed by atoms with E-state index in [1.165, 1.54) is 19.3 Å². The van der Waals surface area contributed by atoms with Gasteiger partial charge in [-0.05, 0) is 44.4 Å². The summed E-state index contributed by atoms with van der Waals surface area (Å²) in [5.74, 6) is 0.288. The molecule has 3 fully saturated rings. The van der Waals surface area contributed by atoms with Gasteiger partial charge in [-0.25, -0.2) is 0 Å². The van der Waals surface area contributed by atoms with Crippen molar-refractivity contribution in [2.75, 3.05) is 50.8 Å². The van der Waals surface area contributed by atoms with E-state index in [1.807, 2.05) is 35.2 Å². The van der Waals surface area contributed by atoms with Crippen LogP contribution in [0.1, 0.15) is 25.7 Å². The molecule has 0 aliphatic carbocycles. The fourth-order valence-corrected chi connectivity index (χ4v) is 4.59. The number of hydrogen-bond acceptors (Lipinski definition) is 4. The minimum absolute atomic E-state index is 0.0728. The number of carbonyl (C=O) groups is 1. The van der Waals surface area contributed by atoms with Gasteiger partial charge in [-0.15, -0.1) is 0 Å². The number of nitrogens with zero attached hydrogens (tertiary/aromatic N) is 3. The zero-order valence-electron chi connectivity index (χ0n) is 15.0. The number of rotatable bonds is 3. The van der Waals surface area contributed by atoms with Gasteiger partial charge in [0.1, 0.15) is 0 Å². The molecule has 3 saturated heterocycles. The first-order chi connectivity index (χ1) is 12.3. The van der Waals surface area contributed by atoms with Crippen molar-refractivity contribution in [2.45, 2.75) is 37.8 Å². The molecule has 25 heavy (non-hydrogen) atoms. The van der Waals surface area contributed by atoms with Crippen molar-refractivity contribution in [1.82, 2.24) is 9.80 Å². The van der Waals surface area contributed by atoms with E-state index in [0.717, 1.165) is 58.0 Å². The fraction of sp³-hybridized carbons (Fsp3) is 0.650. The highest BCUT2D eigenvalue weighted by Crippen LogP contribution is 2.27. The zero-order valence-corrected chi connectivity index (χ0v) is 15.0. The van der Waals surface area contributed by atoms with Gasteiger partial charge in [-0.2, -0.15) is 0 Å². The summed E-state index contributed by atoms with van der Waals surface area (Å²) in [6, 6.07) is 10.8. The van der Waals surface area contributed by atoms with E-state index in [0.29, 0.717) is 6.04 Å². The summed E-state index contributed by atoms with van der Waals surface area (Å²) in [6.45, 7) is 6.81. The summed E-state index contributed by atoms with van der Waals surface area (Å²) in [4.78, 5) is 20.0. The normalized spacial score (nSPS) is 29.8. The number of anilines is 1. The van der Waals surface area contributed by atoms with Crippen molar-refractivity contribution in [2.24, 2.45) is 0 Å². The maximum absolute atomic E-state index is 13.0. The number of morpholine rings is 1. The van der Waals surface area contributed by atoms with Crippen LogP contribution >= 0.6 is 0 Å². The van der Waals surface area contributed by atoms with E-state index in [4.69, 9.17) is 4.74 Å². The predicted octanol–water partition coefficient (Wildman–Crippen LogP) is 1.98. The molecule has 0 N–H and O–H groups in total. The van der Waals surface area contributed by atoms with Crippen LogP contribution in [0.25, 0.3) is 0 Å². The number of carbonyl (C=O) groups excluding carboxylic acids is 1. The Morgan fingerprint density at radius 1 is 0.840 bits per heavy atom. The molecule has 1 aromatic carbocycles. The van der Waals surface area contributed by atoms with E-state index in [2.05, 4.69) is 9.80 Å². The van der Waals surface area contributed by atoms with Crippen LogP contribution in [0, 0.1) is 0 Å². The number of hydrogen-bond donors (Lipinski definition) is 0. The van der Waals surface area contributed by atoms with Gasteiger partial charge in [0, 0.05) is 37.9 Å². The fourth-order valence-electron chi connectivity index (χ4n) is 4.59. The molecule has 1 amide bonds. The molecule has 5 heteroatoms. The van der Waals surface area contributed by atoms with Crippen molar-refractivity contribution in [3.8, 4) is 0 Å². The Bertz CT molecular complexity index is 574. The second-order valence-electron chi connectivity index (χ2n) is 7.40. The molecule has 2 atom stereocenters. The first kappa shape index (κ1) is 17.0. The molecule has 0 saturated carbocycles. The van der Waals surface area contributed by atoms with Crippen LogP contribution < -0.4 is 4.90 Å². The lowest BCUT2D eigenvalue weighted by molar-refractivity contribution is -0.121. The van der Waals surface area contributed by atoms with Crippen LogP contribution in [0.5, 0.6) is 0 Å². The molecule has 5 nitrogen and oxygen atoms in total. The summed E-state index contributed by atoms with van der Waals surface area (Å²) in [5.41, 5.74) is 1.04. The van der Waals surface area contributed by atoms with E-state index in [9.17, 15) is 4.79 Å². The molecule has 1 aromatic rings. The van der Waals surface area contributed by atoms with Crippen LogP contribution in [0.4, 0.5) is 5.69 Å². The van der Waals surface area contributed by atoms with E-state index in [-0.39, 0.29) is 11.9 Å². The Hall–Kier alpha value is -1.43. The Labute approximate surface area is 150 Å². The first-order valence-electron chi connectivity index (χ1n) is 9.75. The highest BCUT2D eigenvalue weighted by molar-refractivity contribution is 5.99. The number of para-hydroxylation sites is 1. The minimum atomic E-state index is 0.0728. The van der Waals surface area contributed by atoms with Crippen molar-refractivity contribution < 1.29 is 9.53 Å². The first-order valence-corrected chi connectivity index (χ1v) is 9.75. The molecule has 3 aliphatic heterocycles. The second-order valence-corrected chi connectivity index (χ2v) is 7.40. The number of likely N-dealkylation sites (tertiary alicyclic amines) is 1. The second kappa shape index (κ2) is 7.85. The maximum Gasteiger partial charge on any atom is 0.244 e. The van der Waals surface area contributed by atoms with Crippen LogP contribution in [0.15, 0.2) is 30.3 Å². The molecule has 0 aromatic heterocycles. The lowest BCUT2D eigenvalue weighted by atomic mass is 10.1. The third-order valence-corrected chi connectivity index (χ3v) is 5.98. The largest absolute Gasteiger partial charge is 0.379 e. The summed E-state index contributed by atoms with van der Waals surface area (Å²) < 4.78 is 5.49. The summed E-state index contributed by atoms with van der Waals surface area (Å²) in [6.07, 6.45) is 4.57. The molecule has 4 rings (SSSR count). The smallest absolute Gasteiger partial charge is 0.244 e. The molecule has 0 radical (unpaired) electrons. The van der Waals surface area contributed by atoms with Gasteiger partial charge in [0.2, 0.25) is 5.91 Å². The maximum atomic E-state index is 13.0. The SMILES string of the molecule is O=C1[C@H](N2CCC[C@H](N3CCOCC3)CC2)CCN1c1ccccc1. The standard InChI is InChI=1S/C20H29N3O2/c24-20-19(9-12-23(20)18-5-2-1-3-6-18)22-10-4-7-17(8-11-22)21-13-15-25-16-14-21/h1-3,5-6,17,19H,4,7-16H2/t17-,19+/m0/s1. The van der Waals surface area contributed by atoms with Crippen LogP contribution in [-0.4, -0.2) is 73.7 Å². The van der Waals surface area contributed by atoms with Crippen LogP contribution in [0.2, 0.25) is 0 Å². The molecular weight excluding hydrogens is 314 g/mol. The van der Waals surface area contributed by atoms with Crippen molar-refractivity contribution >= 4 is 11.6 Å². The average molecular weight is 343 g/mol. The lowest BCUT2D eigenvalue weighted by Gasteiger charge is -2.34. The highest BCUT2D eigenvalue weighted by atomic mass is 16.5. The molecule has 3 heterocycles. The summed E-state index contributed by atoms with van der Waals surface area (Å²) in [7, 11) is 0. The van der Waals surface area contributed by atoms with Crippen LogP contribution in [0.3, 0.4) is 0 Å². The molecule has 3 aliphatic rings. The van der Waals surface area contributed by atoms with E-state index in [1.54, 1.807) is 0 Å². The molecular formula is C20H29N3O2. The van der Waals surface area contributed by atoms with E-state index >= 15 is 0 Å². The molecule has 0 bridgehead atoms. The Morgan fingerprint density at radius 2 is 1.64 bits per heavy atom. The molecule has 136 valence electrons.